The Balaban J connectivity index is 1.52. The Morgan fingerprint density at radius 3 is 2.79 bits per heavy atom. The number of hydrogen-bond donors (Lipinski definition) is 1. The molecule has 0 saturated heterocycles. The molecule has 2 aromatic heterocycles. The monoisotopic (exact) mass is 490 g/mol. The first-order valence-electron chi connectivity index (χ1n) is 10.6. The van der Waals surface area contributed by atoms with Crippen LogP contribution in [0, 0.1) is 0 Å². The lowest BCUT2D eigenvalue weighted by atomic mass is 9.88. The molecule has 7 nitrogen and oxygen atoms in total. The Hall–Kier alpha value is -3.59. The predicted octanol–water partition coefficient (Wildman–Crippen LogP) is 5.33. The molecule has 34 heavy (non-hydrogen) atoms. The number of fused-ring (bicyclic) bond motifs is 5. The summed E-state index contributed by atoms with van der Waals surface area (Å²) < 4.78 is 19.5. The molecular formula is C25H15ClN2O5S. The Bertz CT molecular complexity index is 1640. The van der Waals surface area contributed by atoms with Gasteiger partial charge in [-0.2, -0.15) is 0 Å². The summed E-state index contributed by atoms with van der Waals surface area (Å²) in [4.78, 5) is 18.9. The first-order valence-corrected chi connectivity index (χ1v) is 11.8. The number of aliphatic hydroxyl groups is 1. The molecule has 0 saturated carbocycles. The van der Waals surface area contributed by atoms with Gasteiger partial charge in [0.2, 0.25) is 6.79 Å². The number of imidazole rings is 1. The van der Waals surface area contributed by atoms with Crippen LogP contribution in [0.5, 0.6) is 17.2 Å². The number of aliphatic hydroxyl groups excluding tert-OH is 1. The summed E-state index contributed by atoms with van der Waals surface area (Å²) in [5, 5.41) is 12.0. The number of benzene rings is 3. The molecule has 2 atom stereocenters. The number of carbonyl (C=O) groups excluding carboxylic acids is 1. The van der Waals surface area contributed by atoms with Crippen molar-refractivity contribution < 1.29 is 24.1 Å². The second kappa shape index (κ2) is 7.20. The van der Waals surface area contributed by atoms with Gasteiger partial charge in [-0.3, -0.25) is 9.20 Å². The zero-order valence-electron chi connectivity index (χ0n) is 17.4. The molecule has 168 valence electrons. The van der Waals surface area contributed by atoms with Gasteiger partial charge in [0.05, 0.1) is 21.6 Å². The van der Waals surface area contributed by atoms with Gasteiger partial charge in [0, 0.05) is 16.1 Å². The summed E-state index contributed by atoms with van der Waals surface area (Å²) in [6.07, 6.45) is -1.10. The van der Waals surface area contributed by atoms with Crippen LogP contribution in [0.4, 0.5) is 0 Å². The number of carbonyl (C=O) groups is 1. The van der Waals surface area contributed by atoms with Crippen molar-refractivity contribution in [3.05, 3.63) is 76.9 Å². The number of ether oxygens (including phenoxy) is 3. The fourth-order valence-electron chi connectivity index (χ4n) is 4.67. The third-order valence-electron chi connectivity index (χ3n) is 6.20. The van der Waals surface area contributed by atoms with Crippen LogP contribution in [0.25, 0.3) is 26.4 Å². The number of nitrogens with zero attached hydrogens (tertiary/aromatic N) is 2. The summed E-state index contributed by atoms with van der Waals surface area (Å²) in [6.45, 7) is 0.153. The van der Waals surface area contributed by atoms with Crippen LogP contribution in [0.3, 0.4) is 0 Å². The molecule has 7 rings (SSSR count). The summed E-state index contributed by atoms with van der Waals surface area (Å²) in [5.74, 6) is 0.0942. The summed E-state index contributed by atoms with van der Waals surface area (Å²) in [7, 11) is 0. The Labute approximate surface area is 201 Å². The van der Waals surface area contributed by atoms with Crippen molar-refractivity contribution >= 4 is 44.1 Å². The second-order valence-corrected chi connectivity index (χ2v) is 9.57. The summed E-state index contributed by atoms with van der Waals surface area (Å²) in [5.41, 5.74) is 3.27. The smallest absolute Gasteiger partial charge is 0.323 e. The average Bonchev–Trinajstić information content (AvgIpc) is 3.52. The maximum Gasteiger partial charge on any atom is 0.323 e. The molecule has 2 aliphatic rings. The molecule has 0 aliphatic carbocycles. The fraction of sp³-hybridized carbons (Fsp3) is 0.120. The Morgan fingerprint density at radius 2 is 1.88 bits per heavy atom. The first-order chi connectivity index (χ1) is 16.6. The molecule has 4 heterocycles. The lowest BCUT2D eigenvalue weighted by Gasteiger charge is -2.28. The number of hydrogen-bond acceptors (Lipinski definition) is 7. The topological polar surface area (TPSA) is 82.3 Å². The SMILES string of the molecule is O=C1Oc2ccccc2C(O)C1c1c(-c2ccc3c(c2)OCO3)nc2sc3cc(Cl)ccc3n12. The number of thiazole rings is 1. The molecule has 0 spiro atoms. The molecule has 0 amide bonds. The van der Waals surface area contributed by atoms with Gasteiger partial charge in [-0.1, -0.05) is 41.1 Å². The van der Waals surface area contributed by atoms with Crippen LogP contribution < -0.4 is 14.2 Å². The quantitative estimate of drug-likeness (QED) is 0.266. The van der Waals surface area contributed by atoms with Crippen molar-refractivity contribution in [3.63, 3.8) is 0 Å². The molecular weight excluding hydrogens is 476 g/mol. The van der Waals surface area contributed by atoms with Gasteiger partial charge < -0.3 is 19.3 Å². The normalized spacial score (nSPS) is 18.9. The molecule has 2 unspecified atom stereocenters. The average molecular weight is 491 g/mol. The van der Waals surface area contributed by atoms with E-state index in [9.17, 15) is 9.90 Å². The molecule has 9 heteroatoms. The van der Waals surface area contributed by atoms with E-state index in [1.54, 1.807) is 24.3 Å². The number of aromatic nitrogens is 2. The third kappa shape index (κ3) is 2.79. The number of esters is 1. The Morgan fingerprint density at radius 1 is 1.03 bits per heavy atom. The molecule has 0 radical (unpaired) electrons. The van der Waals surface area contributed by atoms with Gasteiger partial charge in [-0.05, 0) is 42.5 Å². The summed E-state index contributed by atoms with van der Waals surface area (Å²) >= 11 is 7.68. The largest absolute Gasteiger partial charge is 0.454 e. The fourth-order valence-corrected chi connectivity index (χ4v) is 5.98. The molecule has 0 fully saturated rings. The van der Waals surface area contributed by atoms with Crippen LogP contribution in [0.2, 0.25) is 5.02 Å². The third-order valence-corrected chi connectivity index (χ3v) is 7.44. The van der Waals surface area contributed by atoms with Crippen molar-refractivity contribution in [3.8, 4) is 28.5 Å². The zero-order valence-corrected chi connectivity index (χ0v) is 19.0. The molecule has 0 bridgehead atoms. The van der Waals surface area contributed by atoms with Crippen LogP contribution in [0.1, 0.15) is 23.3 Å². The highest BCUT2D eigenvalue weighted by atomic mass is 35.5. The molecule has 3 aromatic carbocycles. The maximum atomic E-state index is 13.3. The standard InChI is InChI=1S/C25H15ClN2O5S/c26-13-6-7-15-19(10-13)34-25-27-21(12-5-8-17-18(9-12)32-11-31-17)22(28(15)25)20-23(29)14-3-1-2-4-16(14)33-24(20)30/h1-10,20,23,29H,11H2. The first kappa shape index (κ1) is 19.8. The van der Waals surface area contributed by atoms with Gasteiger partial charge >= 0.3 is 5.97 Å². The zero-order chi connectivity index (χ0) is 23.0. The predicted molar refractivity (Wildman–Crippen MR) is 127 cm³/mol. The minimum atomic E-state index is -1.10. The molecule has 5 aromatic rings. The lowest BCUT2D eigenvalue weighted by molar-refractivity contribution is -0.141. The van der Waals surface area contributed by atoms with Crippen LogP contribution in [0.15, 0.2) is 60.7 Å². The molecule has 2 aliphatic heterocycles. The van der Waals surface area contributed by atoms with Crippen molar-refractivity contribution in [1.82, 2.24) is 9.38 Å². The molecule has 1 N–H and O–H groups in total. The van der Waals surface area contributed by atoms with Gasteiger partial charge in [0.1, 0.15) is 17.8 Å². The van der Waals surface area contributed by atoms with Gasteiger partial charge in [-0.15, -0.1) is 0 Å². The van der Waals surface area contributed by atoms with E-state index in [1.165, 1.54) is 11.3 Å². The van der Waals surface area contributed by atoms with E-state index in [0.717, 1.165) is 15.8 Å². The van der Waals surface area contributed by atoms with E-state index < -0.39 is 18.0 Å². The second-order valence-electron chi connectivity index (χ2n) is 8.13. The van der Waals surface area contributed by atoms with E-state index in [2.05, 4.69) is 0 Å². The number of rotatable bonds is 2. The van der Waals surface area contributed by atoms with E-state index in [0.29, 0.717) is 44.2 Å². The highest BCUT2D eigenvalue weighted by Gasteiger charge is 2.42. The van der Waals surface area contributed by atoms with Gasteiger partial charge in [-0.25, -0.2) is 4.98 Å². The Kier molecular flexibility index (Phi) is 4.20. The van der Waals surface area contributed by atoms with Crippen LogP contribution >= 0.6 is 22.9 Å². The van der Waals surface area contributed by atoms with E-state index in [1.807, 2.05) is 40.8 Å². The van der Waals surface area contributed by atoms with E-state index >= 15 is 0 Å². The van der Waals surface area contributed by atoms with Crippen molar-refractivity contribution in [1.29, 1.82) is 0 Å². The minimum absolute atomic E-state index is 0.153. The number of para-hydroxylation sites is 1. The van der Waals surface area contributed by atoms with Gasteiger partial charge in [0.15, 0.2) is 16.5 Å². The van der Waals surface area contributed by atoms with Gasteiger partial charge in [0.25, 0.3) is 0 Å². The summed E-state index contributed by atoms with van der Waals surface area (Å²) in [6, 6.07) is 18.1. The van der Waals surface area contributed by atoms with Crippen molar-refractivity contribution in [2.75, 3.05) is 6.79 Å². The number of halogens is 1. The van der Waals surface area contributed by atoms with Crippen molar-refractivity contribution in [2.24, 2.45) is 0 Å². The van der Waals surface area contributed by atoms with Crippen LogP contribution in [-0.4, -0.2) is 27.3 Å². The highest BCUT2D eigenvalue weighted by Crippen LogP contribution is 2.47. The highest BCUT2D eigenvalue weighted by molar-refractivity contribution is 7.23. The maximum absolute atomic E-state index is 13.3. The van der Waals surface area contributed by atoms with Crippen LogP contribution in [-0.2, 0) is 4.79 Å². The van der Waals surface area contributed by atoms with E-state index in [4.69, 9.17) is 30.8 Å². The minimum Gasteiger partial charge on any atom is -0.454 e. The lowest BCUT2D eigenvalue weighted by Crippen LogP contribution is -2.31. The van der Waals surface area contributed by atoms with Crippen molar-refractivity contribution in [2.45, 2.75) is 12.0 Å². The van der Waals surface area contributed by atoms with E-state index in [-0.39, 0.29) is 6.79 Å².